The zero-order chi connectivity index (χ0) is 30.8. The second kappa shape index (κ2) is 12.3. The molecule has 1 aliphatic rings. The molecule has 1 unspecified atom stereocenters. The molecule has 2 N–H and O–H groups in total. The predicted molar refractivity (Wildman–Crippen MR) is 171 cm³/mol. The Labute approximate surface area is 256 Å². The summed E-state index contributed by atoms with van der Waals surface area (Å²) < 4.78 is 40.2. The number of fused-ring (bicyclic) bond motifs is 2. The van der Waals surface area contributed by atoms with Gasteiger partial charge in [-0.2, -0.15) is 9.40 Å². The number of aromatic nitrogens is 3. The SMILES string of the molecule is CCOC(=O)Cc1ccccc1OCc1nn(C2CCN(S(=O)(=O)CC)C2)c2ccc(-c3cccc4c(N)nccc34)cc12. The molecule has 1 saturated heterocycles. The highest BCUT2D eigenvalue weighted by Gasteiger charge is 2.33. The van der Waals surface area contributed by atoms with E-state index in [0.29, 0.717) is 43.4 Å². The van der Waals surface area contributed by atoms with Crippen LogP contribution in [-0.2, 0) is 32.6 Å². The highest BCUT2D eigenvalue weighted by molar-refractivity contribution is 7.89. The molecule has 2 aromatic heterocycles. The van der Waals surface area contributed by atoms with E-state index in [2.05, 4.69) is 23.2 Å². The summed E-state index contributed by atoms with van der Waals surface area (Å²) in [7, 11) is -3.30. The maximum atomic E-state index is 12.6. The fraction of sp³-hybridized carbons (Fsp3) is 0.303. The minimum atomic E-state index is -3.30. The minimum absolute atomic E-state index is 0.0678. The molecule has 1 aliphatic heterocycles. The third kappa shape index (κ3) is 5.72. The van der Waals surface area contributed by atoms with Crippen LogP contribution >= 0.6 is 0 Å². The lowest BCUT2D eigenvalue weighted by Gasteiger charge is -2.16. The van der Waals surface area contributed by atoms with Crippen molar-refractivity contribution in [2.45, 2.75) is 39.3 Å². The smallest absolute Gasteiger partial charge is 0.310 e. The van der Waals surface area contributed by atoms with Crippen LogP contribution in [0.2, 0.25) is 0 Å². The lowest BCUT2D eigenvalue weighted by molar-refractivity contribution is -0.142. The second-order valence-corrected chi connectivity index (χ2v) is 13.1. The van der Waals surface area contributed by atoms with Gasteiger partial charge in [0, 0.05) is 35.6 Å². The number of para-hydroxylation sites is 1. The maximum absolute atomic E-state index is 12.6. The topological polar surface area (TPSA) is 130 Å². The van der Waals surface area contributed by atoms with Crippen molar-refractivity contribution in [3.63, 3.8) is 0 Å². The molecule has 3 heterocycles. The number of pyridine rings is 1. The van der Waals surface area contributed by atoms with E-state index in [1.807, 2.05) is 53.2 Å². The van der Waals surface area contributed by atoms with E-state index in [9.17, 15) is 13.2 Å². The number of nitrogens with two attached hydrogens (primary N) is 1. The molecule has 0 aliphatic carbocycles. The quantitative estimate of drug-likeness (QED) is 0.215. The number of carbonyl (C=O) groups is 1. The Morgan fingerprint density at radius 2 is 1.86 bits per heavy atom. The van der Waals surface area contributed by atoms with Gasteiger partial charge >= 0.3 is 5.97 Å². The number of hydrogen-bond donors (Lipinski definition) is 1. The summed E-state index contributed by atoms with van der Waals surface area (Å²) in [6.45, 7) is 4.74. The standard InChI is InChI=1S/C33H35N5O5S/c1-3-42-32(39)19-23-8-5-6-11-31(23)43-21-29-28-18-22(25-9-7-10-27-26(25)14-16-35-33(27)34)12-13-30(28)38(36-29)24-15-17-37(20-24)44(40,41)4-2/h5-14,16,18,24H,3-4,15,17,19-21H2,1-2H3,(H2,34,35). The van der Waals surface area contributed by atoms with Gasteiger partial charge in [-0.05, 0) is 61.0 Å². The van der Waals surface area contributed by atoms with Crippen molar-refractivity contribution in [3.8, 4) is 16.9 Å². The summed E-state index contributed by atoms with van der Waals surface area (Å²) in [5.74, 6) is 0.805. The number of esters is 1. The number of rotatable bonds is 10. The number of carbonyl (C=O) groups excluding carboxylic acids is 1. The average molecular weight is 614 g/mol. The number of sulfonamides is 1. The predicted octanol–water partition coefficient (Wildman–Crippen LogP) is 5.11. The molecule has 3 aromatic carbocycles. The van der Waals surface area contributed by atoms with Gasteiger partial charge in [0.15, 0.2) is 0 Å². The number of hydrogen-bond acceptors (Lipinski definition) is 8. The largest absolute Gasteiger partial charge is 0.487 e. The third-order valence-electron chi connectivity index (χ3n) is 8.14. The minimum Gasteiger partial charge on any atom is -0.487 e. The van der Waals surface area contributed by atoms with Crippen molar-refractivity contribution in [2.75, 3.05) is 31.2 Å². The molecule has 0 saturated carbocycles. The van der Waals surface area contributed by atoms with Crippen molar-refractivity contribution in [3.05, 3.63) is 84.2 Å². The summed E-state index contributed by atoms with van der Waals surface area (Å²) in [5, 5.41) is 7.79. The number of nitrogens with zero attached hydrogens (tertiary/aromatic N) is 4. The fourth-order valence-corrected chi connectivity index (χ4v) is 7.04. The van der Waals surface area contributed by atoms with Crippen LogP contribution in [0.1, 0.15) is 37.6 Å². The van der Waals surface area contributed by atoms with Crippen LogP contribution < -0.4 is 10.5 Å². The molecule has 0 amide bonds. The van der Waals surface area contributed by atoms with Gasteiger partial charge in [-0.1, -0.05) is 42.5 Å². The first-order chi connectivity index (χ1) is 21.3. The van der Waals surface area contributed by atoms with Crippen molar-refractivity contribution in [1.29, 1.82) is 0 Å². The summed E-state index contributed by atoms with van der Waals surface area (Å²) >= 11 is 0. The van der Waals surface area contributed by atoms with Gasteiger partial charge in [-0.3, -0.25) is 9.48 Å². The summed E-state index contributed by atoms with van der Waals surface area (Å²) in [5.41, 5.74) is 10.5. The molecule has 1 atom stereocenters. The Kier molecular flexibility index (Phi) is 8.24. The maximum Gasteiger partial charge on any atom is 0.310 e. The van der Waals surface area contributed by atoms with E-state index in [4.69, 9.17) is 20.3 Å². The van der Waals surface area contributed by atoms with Gasteiger partial charge in [-0.25, -0.2) is 13.4 Å². The molecular weight excluding hydrogens is 578 g/mol. The highest BCUT2D eigenvalue weighted by Crippen LogP contribution is 2.35. The first-order valence-corrected chi connectivity index (χ1v) is 16.4. The monoisotopic (exact) mass is 613 g/mol. The zero-order valence-corrected chi connectivity index (χ0v) is 25.6. The number of ether oxygens (including phenoxy) is 2. The lowest BCUT2D eigenvalue weighted by atomic mass is 9.97. The number of nitrogen functional groups attached to an aromatic ring is 1. The first kappa shape index (κ1) is 29.6. The van der Waals surface area contributed by atoms with Crippen LogP contribution in [0.15, 0.2) is 72.9 Å². The molecule has 228 valence electrons. The van der Waals surface area contributed by atoms with Crippen molar-refractivity contribution in [2.24, 2.45) is 0 Å². The van der Waals surface area contributed by atoms with Crippen LogP contribution in [0.5, 0.6) is 5.75 Å². The van der Waals surface area contributed by atoms with Crippen LogP contribution in [0.4, 0.5) is 5.82 Å². The van der Waals surface area contributed by atoms with Crippen LogP contribution in [0, 0.1) is 0 Å². The van der Waals surface area contributed by atoms with E-state index in [1.165, 1.54) is 0 Å². The van der Waals surface area contributed by atoms with E-state index in [-0.39, 0.29) is 30.8 Å². The highest BCUT2D eigenvalue weighted by atomic mass is 32.2. The van der Waals surface area contributed by atoms with Gasteiger partial charge in [0.2, 0.25) is 10.0 Å². The molecule has 1 fully saturated rings. The van der Waals surface area contributed by atoms with Crippen LogP contribution in [-0.4, -0.2) is 58.9 Å². The lowest BCUT2D eigenvalue weighted by Crippen LogP contribution is -2.30. The second-order valence-electron chi connectivity index (χ2n) is 10.8. The van der Waals surface area contributed by atoms with Crippen molar-refractivity contribution in [1.82, 2.24) is 19.1 Å². The molecule has 0 radical (unpaired) electrons. The van der Waals surface area contributed by atoms with Gasteiger partial charge in [0.1, 0.15) is 23.9 Å². The summed E-state index contributed by atoms with van der Waals surface area (Å²) in [6, 6.07) is 21.4. The molecule has 0 bridgehead atoms. The normalized spacial score (nSPS) is 15.6. The van der Waals surface area contributed by atoms with E-state index < -0.39 is 10.0 Å². The average Bonchev–Trinajstić information content (AvgIpc) is 3.66. The molecule has 6 rings (SSSR count). The molecule has 44 heavy (non-hydrogen) atoms. The molecule has 11 heteroatoms. The Morgan fingerprint density at radius 1 is 1.02 bits per heavy atom. The fourth-order valence-electron chi connectivity index (χ4n) is 5.89. The summed E-state index contributed by atoms with van der Waals surface area (Å²) in [4.78, 5) is 16.5. The Hall–Kier alpha value is -4.48. The third-order valence-corrected chi connectivity index (χ3v) is 9.99. The molecule has 0 spiro atoms. The van der Waals surface area contributed by atoms with Crippen LogP contribution in [0.3, 0.4) is 0 Å². The Balaban J connectivity index is 1.40. The van der Waals surface area contributed by atoms with Gasteiger partial charge in [-0.15, -0.1) is 0 Å². The molecule has 5 aromatic rings. The van der Waals surface area contributed by atoms with Crippen molar-refractivity contribution < 1.29 is 22.7 Å². The van der Waals surface area contributed by atoms with Gasteiger partial charge in [0.25, 0.3) is 0 Å². The Morgan fingerprint density at radius 3 is 2.68 bits per heavy atom. The van der Waals surface area contributed by atoms with Gasteiger partial charge < -0.3 is 15.2 Å². The first-order valence-electron chi connectivity index (χ1n) is 14.8. The van der Waals surface area contributed by atoms with Crippen LogP contribution in [0.25, 0.3) is 32.8 Å². The Bertz CT molecular complexity index is 1960. The van der Waals surface area contributed by atoms with E-state index in [1.54, 1.807) is 24.3 Å². The zero-order valence-electron chi connectivity index (χ0n) is 24.8. The van der Waals surface area contributed by atoms with Crippen molar-refractivity contribution >= 4 is 43.5 Å². The summed E-state index contributed by atoms with van der Waals surface area (Å²) in [6.07, 6.45) is 2.48. The number of benzene rings is 3. The molecule has 10 nitrogen and oxygen atoms in total. The number of anilines is 1. The molecular formula is C33H35N5O5S. The van der Waals surface area contributed by atoms with E-state index in [0.717, 1.165) is 38.4 Å². The van der Waals surface area contributed by atoms with Gasteiger partial charge in [0.05, 0.1) is 30.3 Å². The van der Waals surface area contributed by atoms with E-state index >= 15 is 0 Å².